The standard InChI is InChI=1S/C21H23FN2O4S/c1-13-4-5-14(2)18(10-13)24-19(25)11-28-21(27)15(3)29-12-20(26)23-17-8-6-16(22)7-9-17/h4-10,15H,11-12H2,1-3H3,(H,23,26)(H,24,25). The minimum absolute atomic E-state index is 0.0162. The fourth-order valence-electron chi connectivity index (χ4n) is 2.31. The van der Waals surface area contributed by atoms with E-state index in [2.05, 4.69) is 10.6 Å². The number of thioether (sulfide) groups is 1. The van der Waals surface area contributed by atoms with Crippen LogP contribution in [0.4, 0.5) is 15.8 Å². The Morgan fingerprint density at radius 1 is 1.03 bits per heavy atom. The molecule has 0 radical (unpaired) electrons. The summed E-state index contributed by atoms with van der Waals surface area (Å²) >= 11 is 1.08. The summed E-state index contributed by atoms with van der Waals surface area (Å²) in [5.74, 6) is -1.72. The molecule has 0 aliphatic heterocycles. The topological polar surface area (TPSA) is 84.5 Å². The highest BCUT2D eigenvalue weighted by Gasteiger charge is 2.18. The van der Waals surface area contributed by atoms with Gasteiger partial charge in [-0.3, -0.25) is 14.4 Å². The van der Waals surface area contributed by atoms with E-state index in [0.29, 0.717) is 11.4 Å². The van der Waals surface area contributed by atoms with E-state index < -0.39 is 29.6 Å². The molecule has 2 rings (SSSR count). The molecule has 6 nitrogen and oxygen atoms in total. The number of aryl methyl sites for hydroxylation is 2. The second-order valence-electron chi connectivity index (χ2n) is 6.48. The average molecular weight is 418 g/mol. The van der Waals surface area contributed by atoms with Crippen LogP contribution < -0.4 is 10.6 Å². The largest absolute Gasteiger partial charge is 0.455 e. The SMILES string of the molecule is Cc1ccc(C)c(NC(=O)COC(=O)C(C)SCC(=O)Nc2ccc(F)cc2)c1. The van der Waals surface area contributed by atoms with Crippen molar-refractivity contribution in [1.82, 2.24) is 0 Å². The number of carbonyl (C=O) groups is 3. The number of amides is 2. The highest BCUT2D eigenvalue weighted by molar-refractivity contribution is 8.01. The Labute approximate surface area is 173 Å². The maximum absolute atomic E-state index is 12.9. The van der Waals surface area contributed by atoms with E-state index in [0.717, 1.165) is 22.9 Å². The lowest BCUT2D eigenvalue weighted by atomic mass is 10.1. The number of anilines is 2. The number of ether oxygens (including phenoxy) is 1. The quantitative estimate of drug-likeness (QED) is 0.639. The zero-order valence-corrected chi connectivity index (χ0v) is 17.3. The van der Waals surface area contributed by atoms with Gasteiger partial charge in [0.25, 0.3) is 5.91 Å². The summed E-state index contributed by atoms with van der Waals surface area (Å²) in [5.41, 5.74) is 3.06. The van der Waals surface area contributed by atoms with Gasteiger partial charge in [0.05, 0.1) is 5.75 Å². The van der Waals surface area contributed by atoms with Gasteiger partial charge < -0.3 is 15.4 Å². The Balaban J connectivity index is 1.72. The van der Waals surface area contributed by atoms with E-state index in [1.165, 1.54) is 24.3 Å². The smallest absolute Gasteiger partial charge is 0.319 e. The molecule has 0 saturated carbocycles. The van der Waals surface area contributed by atoms with E-state index in [9.17, 15) is 18.8 Å². The lowest BCUT2D eigenvalue weighted by Gasteiger charge is -2.12. The van der Waals surface area contributed by atoms with Crippen molar-refractivity contribution in [3.8, 4) is 0 Å². The van der Waals surface area contributed by atoms with Crippen molar-refractivity contribution in [3.05, 3.63) is 59.4 Å². The highest BCUT2D eigenvalue weighted by atomic mass is 32.2. The number of halogens is 1. The molecule has 1 unspecified atom stereocenters. The van der Waals surface area contributed by atoms with E-state index >= 15 is 0 Å². The van der Waals surface area contributed by atoms with Crippen LogP contribution in [-0.2, 0) is 19.1 Å². The molecule has 0 fully saturated rings. The highest BCUT2D eigenvalue weighted by Crippen LogP contribution is 2.17. The van der Waals surface area contributed by atoms with Crippen LogP contribution in [0.1, 0.15) is 18.1 Å². The van der Waals surface area contributed by atoms with Crippen LogP contribution in [0, 0.1) is 19.7 Å². The summed E-state index contributed by atoms with van der Waals surface area (Å²) in [6.07, 6.45) is 0. The zero-order valence-electron chi connectivity index (χ0n) is 16.5. The minimum Gasteiger partial charge on any atom is -0.455 e. The van der Waals surface area contributed by atoms with Gasteiger partial charge in [-0.2, -0.15) is 0 Å². The molecule has 2 N–H and O–H groups in total. The molecule has 0 saturated heterocycles. The lowest BCUT2D eigenvalue weighted by Crippen LogP contribution is -2.26. The van der Waals surface area contributed by atoms with Crippen molar-refractivity contribution >= 4 is 40.9 Å². The molecule has 0 aliphatic rings. The van der Waals surface area contributed by atoms with E-state index in [-0.39, 0.29) is 11.7 Å². The summed E-state index contributed by atoms with van der Waals surface area (Å²) in [6.45, 7) is 4.98. The summed E-state index contributed by atoms with van der Waals surface area (Å²) in [4.78, 5) is 36.0. The van der Waals surface area contributed by atoms with Crippen molar-refractivity contribution < 1.29 is 23.5 Å². The second kappa shape index (κ2) is 10.6. The van der Waals surface area contributed by atoms with Gasteiger partial charge in [-0.25, -0.2) is 4.39 Å². The maximum Gasteiger partial charge on any atom is 0.319 e. The molecule has 0 bridgehead atoms. The second-order valence-corrected chi connectivity index (χ2v) is 7.81. The molecular formula is C21H23FN2O4S. The van der Waals surface area contributed by atoms with Crippen LogP contribution >= 0.6 is 11.8 Å². The Hall–Kier alpha value is -2.87. The van der Waals surface area contributed by atoms with Crippen molar-refractivity contribution in [2.24, 2.45) is 0 Å². The fraction of sp³-hybridized carbons (Fsp3) is 0.286. The molecule has 154 valence electrons. The van der Waals surface area contributed by atoms with Crippen LogP contribution in [0.25, 0.3) is 0 Å². The number of rotatable bonds is 8. The third-order valence-electron chi connectivity index (χ3n) is 3.94. The molecule has 2 aromatic rings. The van der Waals surface area contributed by atoms with Crippen LogP contribution in [-0.4, -0.2) is 35.4 Å². The van der Waals surface area contributed by atoms with E-state index in [4.69, 9.17) is 4.74 Å². The van der Waals surface area contributed by atoms with Crippen molar-refractivity contribution in [2.75, 3.05) is 23.0 Å². The monoisotopic (exact) mass is 418 g/mol. The molecular weight excluding hydrogens is 395 g/mol. The van der Waals surface area contributed by atoms with E-state index in [1.807, 2.05) is 32.0 Å². The minimum atomic E-state index is -0.623. The van der Waals surface area contributed by atoms with Crippen LogP contribution in [0.15, 0.2) is 42.5 Å². The molecule has 2 amide bonds. The van der Waals surface area contributed by atoms with Gasteiger partial charge in [-0.05, 0) is 62.2 Å². The Bertz CT molecular complexity index is 887. The van der Waals surface area contributed by atoms with Gasteiger partial charge in [-0.1, -0.05) is 12.1 Å². The number of hydrogen-bond acceptors (Lipinski definition) is 5. The molecule has 0 heterocycles. The Morgan fingerprint density at radius 2 is 1.72 bits per heavy atom. The maximum atomic E-state index is 12.9. The van der Waals surface area contributed by atoms with Crippen molar-refractivity contribution in [2.45, 2.75) is 26.0 Å². The fourth-order valence-corrected chi connectivity index (χ4v) is 2.99. The Kier molecular flexibility index (Phi) is 8.21. The number of carbonyl (C=O) groups excluding carboxylic acids is 3. The first-order valence-corrected chi connectivity index (χ1v) is 10.00. The predicted octanol–water partition coefficient (Wildman–Crippen LogP) is 3.68. The van der Waals surface area contributed by atoms with Crippen LogP contribution in [0.5, 0.6) is 0 Å². The third-order valence-corrected chi connectivity index (χ3v) is 5.06. The molecule has 0 aliphatic carbocycles. The predicted molar refractivity (Wildman–Crippen MR) is 112 cm³/mol. The van der Waals surface area contributed by atoms with Crippen LogP contribution in [0.2, 0.25) is 0 Å². The summed E-state index contributed by atoms with van der Waals surface area (Å²) in [7, 11) is 0. The summed E-state index contributed by atoms with van der Waals surface area (Å²) < 4.78 is 17.9. The van der Waals surface area contributed by atoms with E-state index in [1.54, 1.807) is 6.92 Å². The normalized spacial score (nSPS) is 11.4. The summed E-state index contributed by atoms with van der Waals surface area (Å²) in [6, 6.07) is 11.1. The first-order chi connectivity index (χ1) is 13.7. The van der Waals surface area contributed by atoms with Gasteiger partial charge in [0, 0.05) is 11.4 Å². The van der Waals surface area contributed by atoms with Gasteiger partial charge in [0.2, 0.25) is 5.91 Å². The number of esters is 1. The number of hydrogen-bond donors (Lipinski definition) is 2. The van der Waals surface area contributed by atoms with Gasteiger partial charge in [0.1, 0.15) is 11.1 Å². The molecule has 29 heavy (non-hydrogen) atoms. The number of nitrogens with one attached hydrogen (secondary N) is 2. The van der Waals surface area contributed by atoms with Crippen molar-refractivity contribution in [1.29, 1.82) is 0 Å². The lowest BCUT2D eigenvalue weighted by molar-refractivity contribution is -0.146. The van der Waals surface area contributed by atoms with Gasteiger partial charge in [-0.15, -0.1) is 11.8 Å². The molecule has 2 aromatic carbocycles. The Morgan fingerprint density at radius 3 is 2.41 bits per heavy atom. The first-order valence-electron chi connectivity index (χ1n) is 8.95. The van der Waals surface area contributed by atoms with Gasteiger partial charge in [0.15, 0.2) is 6.61 Å². The molecule has 8 heteroatoms. The zero-order chi connectivity index (χ0) is 21.4. The average Bonchev–Trinajstić information content (AvgIpc) is 2.68. The van der Waals surface area contributed by atoms with Crippen LogP contribution in [0.3, 0.4) is 0 Å². The van der Waals surface area contributed by atoms with Gasteiger partial charge >= 0.3 is 5.97 Å². The summed E-state index contributed by atoms with van der Waals surface area (Å²) in [5, 5.41) is 4.70. The molecule has 0 aromatic heterocycles. The molecule has 0 spiro atoms. The molecule has 1 atom stereocenters. The number of benzene rings is 2. The third kappa shape index (κ3) is 7.57. The first kappa shape index (κ1) is 22.4. The van der Waals surface area contributed by atoms with Crippen molar-refractivity contribution in [3.63, 3.8) is 0 Å².